The lowest BCUT2D eigenvalue weighted by molar-refractivity contribution is -0.137. The van der Waals surface area contributed by atoms with E-state index in [9.17, 15) is 9.59 Å². The number of hydrogen-bond acceptors (Lipinski definition) is 3. The SMILES string of the molecule is O=Cc1cccc(Br)c1OCCC(=O)O. The molecule has 0 aliphatic heterocycles. The van der Waals surface area contributed by atoms with Crippen LogP contribution in [0.15, 0.2) is 22.7 Å². The smallest absolute Gasteiger partial charge is 0.306 e. The molecule has 1 aromatic carbocycles. The van der Waals surface area contributed by atoms with E-state index in [-0.39, 0.29) is 13.0 Å². The maximum Gasteiger partial charge on any atom is 0.306 e. The van der Waals surface area contributed by atoms with E-state index >= 15 is 0 Å². The van der Waals surface area contributed by atoms with Gasteiger partial charge < -0.3 is 9.84 Å². The lowest BCUT2D eigenvalue weighted by atomic mass is 10.2. The zero-order valence-electron chi connectivity index (χ0n) is 7.77. The predicted molar refractivity (Wildman–Crippen MR) is 57.3 cm³/mol. The van der Waals surface area contributed by atoms with Gasteiger partial charge in [-0.15, -0.1) is 0 Å². The summed E-state index contributed by atoms with van der Waals surface area (Å²) >= 11 is 3.22. The molecule has 80 valence electrons. The van der Waals surface area contributed by atoms with Crippen molar-refractivity contribution in [1.29, 1.82) is 0 Å². The minimum Gasteiger partial charge on any atom is -0.491 e. The summed E-state index contributed by atoms with van der Waals surface area (Å²) in [4.78, 5) is 20.9. The Morgan fingerprint density at radius 2 is 2.27 bits per heavy atom. The van der Waals surface area contributed by atoms with Gasteiger partial charge in [0.25, 0.3) is 0 Å². The quantitative estimate of drug-likeness (QED) is 0.834. The normalized spacial score (nSPS) is 9.67. The maximum absolute atomic E-state index is 10.7. The summed E-state index contributed by atoms with van der Waals surface area (Å²) in [7, 11) is 0. The highest BCUT2D eigenvalue weighted by Crippen LogP contribution is 2.27. The monoisotopic (exact) mass is 272 g/mol. The third-order valence-electron chi connectivity index (χ3n) is 1.69. The topological polar surface area (TPSA) is 63.6 Å². The van der Waals surface area contributed by atoms with Crippen LogP contribution in [0.1, 0.15) is 16.8 Å². The summed E-state index contributed by atoms with van der Waals surface area (Å²) in [5, 5.41) is 8.43. The summed E-state index contributed by atoms with van der Waals surface area (Å²) in [6.07, 6.45) is 0.570. The Morgan fingerprint density at radius 1 is 1.53 bits per heavy atom. The molecule has 0 spiro atoms. The fraction of sp³-hybridized carbons (Fsp3) is 0.200. The van der Waals surface area contributed by atoms with Crippen LogP contribution in [0, 0.1) is 0 Å². The number of aldehydes is 1. The molecule has 0 radical (unpaired) electrons. The van der Waals surface area contributed by atoms with Crippen molar-refractivity contribution in [3.63, 3.8) is 0 Å². The van der Waals surface area contributed by atoms with Crippen molar-refractivity contribution in [2.24, 2.45) is 0 Å². The summed E-state index contributed by atoms with van der Waals surface area (Å²) in [6, 6.07) is 5.04. The average molecular weight is 273 g/mol. The van der Waals surface area contributed by atoms with E-state index < -0.39 is 5.97 Å². The molecule has 0 aromatic heterocycles. The molecule has 0 heterocycles. The van der Waals surface area contributed by atoms with Gasteiger partial charge in [-0.1, -0.05) is 6.07 Å². The number of carbonyl (C=O) groups excluding carboxylic acids is 1. The van der Waals surface area contributed by atoms with E-state index in [0.29, 0.717) is 22.1 Å². The van der Waals surface area contributed by atoms with E-state index in [0.717, 1.165) is 0 Å². The molecule has 4 nitrogen and oxygen atoms in total. The molecule has 1 aromatic rings. The van der Waals surface area contributed by atoms with Crippen LogP contribution in [0.4, 0.5) is 0 Å². The number of carbonyl (C=O) groups is 2. The first-order valence-electron chi connectivity index (χ1n) is 4.23. The first kappa shape index (κ1) is 11.7. The largest absolute Gasteiger partial charge is 0.491 e. The molecule has 0 bridgehead atoms. The first-order chi connectivity index (χ1) is 7.15. The molecule has 15 heavy (non-hydrogen) atoms. The third kappa shape index (κ3) is 3.36. The number of para-hydroxylation sites is 1. The highest BCUT2D eigenvalue weighted by Gasteiger charge is 2.07. The number of benzene rings is 1. The molecule has 0 amide bonds. The van der Waals surface area contributed by atoms with E-state index in [1.54, 1.807) is 18.2 Å². The molecular weight excluding hydrogens is 264 g/mol. The van der Waals surface area contributed by atoms with Crippen LogP contribution in [0.3, 0.4) is 0 Å². The van der Waals surface area contributed by atoms with Crippen LogP contribution in [0.2, 0.25) is 0 Å². The van der Waals surface area contributed by atoms with Crippen LogP contribution in [-0.2, 0) is 4.79 Å². The van der Waals surface area contributed by atoms with Gasteiger partial charge in [0.15, 0.2) is 6.29 Å². The zero-order chi connectivity index (χ0) is 11.3. The van der Waals surface area contributed by atoms with Gasteiger partial charge in [-0.2, -0.15) is 0 Å². The van der Waals surface area contributed by atoms with E-state index in [4.69, 9.17) is 9.84 Å². The lowest BCUT2D eigenvalue weighted by Gasteiger charge is -2.08. The molecule has 0 unspecified atom stereocenters. The highest BCUT2D eigenvalue weighted by molar-refractivity contribution is 9.10. The van der Waals surface area contributed by atoms with E-state index in [1.807, 2.05) is 0 Å². The number of aliphatic carboxylic acids is 1. The summed E-state index contributed by atoms with van der Waals surface area (Å²) in [6.45, 7) is 0.0405. The summed E-state index contributed by atoms with van der Waals surface area (Å²) in [5.41, 5.74) is 0.398. The molecule has 0 saturated carbocycles. The number of ether oxygens (including phenoxy) is 1. The van der Waals surface area contributed by atoms with Crippen molar-refractivity contribution in [3.8, 4) is 5.75 Å². The van der Waals surface area contributed by atoms with Crippen molar-refractivity contribution in [2.45, 2.75) is 6.42 Å². The molecule has 5 heteroatoms. The van der Waals surface area contributed by atoms with Crippen LogP contribution >= 0.6 is 15.9 Å². The van der Waals surface area contributed by atoms with Crippen molar-refractivity contribution >= 4 is 28.2 Å². The van der Waals surface area contributed by atoms with Crippen LogP contribution in [0.25, 0.3) is 0 Å². The molecule has 0 atom stereocenters. The van der Waals surface area contributed by atoms with Gasteiger partial charge in [0.2, 0.25) is 0 Å². The molecule has 0 aliphatic carbocycles. The van der Waals surface area contributed by atoms with Crippen molar-refractivity contribution in [1.82, 2.24) is 0 Å². The van der Waals surface area contributed by atoms with Gasteiger partial charge in [0, 0.05) is 0 Å². The Kier molecular flexibility index (Phi) is 4.30. The second-order valence-electron chi connectivity index (χ2n) is 2.77. The number of hydrogen-bond donors (Lipinski definition) is 1. The van der Waals surface area contributed by atoms with E-state index in [1.165, 1.54) is 0 Å². The summed E-state index contributed by atoms with van der Waals surface area (Å²) < 4.78 is 5.85. The van der Waals surface area contributed by atoms with Crippen molar-refractivity contribution < 1.29 is 19.4 Å². The van der Waals surface area contributed by atoms with Gasteiger partial charge in [-0.05, 0) is 28.1 Å². The molecular formula is C10H9BrO4. The van der Waals surface area contributed by atoms with Gasteiger partial charge in [0.05, 0.1) is 23.1 Å². The zero-order valence-corrected chi connectivity index (χ0v) is 9.36. The fourth-order valence-corrected chi connectivity index (χ4v) is 1.51. The van der Waals surface area contributed by atoms with Gasteiger partial charge in [-0.3, -0.25) is 9.59 Å². The minimum atomic E-state index is -0.935. The molecule has 0 aliphatic rings. The van der Waals surface area contributed by atoms with Gasteiger partial charge in [0.1, 0.15) is 5.75 Å². The van der Waals surface area contributed by atoms with Crippen LogP contribution < -0.4 is 4.74 Å². The number of rotatable bonds is 5. The lowest BCUT2D eigenvalue weighted by Crippen LogP contribution is -2.06. The molecule has 0 saturated heterocycles. The Morgan fingerprint density at radius 3 is 2.87 bits per heavy atom. The fourth-order valence-electron chi connectivity index (χ4n) is 1.01. The highest BCUT2D eigenvalue weighted by atomic mass is 79.9. The molecule has 1 rings (SSSR count). The van der Waals surface area contributed by atoms with Crippen molar-refractivity contribution in [2.75, 3.05) is 6.61 Å². The van der Waals surface area contributed by atoms with Crippen LogP contribution in [-0.4, -0.2) is 24.0 Å². The Hall–Kier alpha value is -1.36. The molecule has 0 fully saturated rings. The Bertz CT molecular complexity index is 376. The Balaban J connectivity index is 2.74. The predicted octanol–water partition coefficient (Wildman–Crippen LogP) is 2.12. The number of carboxylic acid groups (broad SMARTS) is 1. The van der Waals surface area contributed by atoms with Crippen LogP contribution in [0.5, 0.6) is 5.75 Å². The van der Waals surface area contributed by atoms with Gasteiger partial charge >= 0.3 is 5.97 Å². The van der Waals surface area contributed by atoms with E-state index in [2.05, 4.69) is 15.9 Å². The summed E-state index contributed by atoms with van der Waals surface area (Å²) in [5.74, 6) is -0.552. The molecule has 1 N–H and O–H groups in total. The first-order valence-corrected chi connectivity index (χ1v) is 5.02. The second-order valence-corrected chi connectivity index (χ2v) is 3.62. The maximum atomic E-state index is 10.7. The van der Waals surface area contributed by atoms with Crippen molar-refractivity contribution in [3.05, 3.63) is 28.2 Å². The third-order valence-corrected chi connectivity index (χ3v) is 2.31. The number of carboxylic acids is 1. The van der Waals surface area contributed by atoms with Gasteiger partial charge in [-0.25, -0.2) is 0 Å². The number of halogens is 1. The Labute approximate surface area is 95.0 Å². The average Bonchev–Trinajstić information content (AvgIpc) is 2.20. The standard InChI is InChI=1S/C10H9BrO4/c11-8-3-1-2-7(6-12)10(8)15-5-4-9(13)14/h1-3,6H,4-5H2,(H,13,14). The second kappa shape index (κ2) is 5.50. The minimum absolute atomic E-state index is 0.0405.